The van der Waals surface area contributed by atoms with Gasteiger partial charge < -0.3 is 5.73 Å². The molecule has 88 valence electrons. The maximum absolute atomic E-state index is 5.62. The Labute approximate surface area is 105 Å². The van der Waals surface area contributed by atoms with Gasteiger partial charge in [0.2, 0.25) is 0 Å². The van der Waals surface area contributed by atoms with Gasteiger partial charge >= 0.3 is 0 Å². The van der Waals surface area contributed by atoms with Crippen LogP contribution in [-0.4, -0.2) is 9.97 Å². The lowest BCUT2D eigenvalue weighted by atomic mass is 9.99. The van der Waals surface area contributed by atoms with E-state index in [-0.39, 0.29) is 0 Å². The molecule has 0 saturated carbocycles. The van der Waals surface area contributed by atoms with Crippen molar-refractivity contribution in [3.63, 3.8) is 0 Å². The lowest BCUT2D eigenvalue weighted by Gasteiger charge is -2.08. The number of benzene rings is 1. The van der Waals surface area contributed by atoms with E-state index in [4.69, 9.17) is 5.73 Å². The van der Waals surface area contributed by atoms with Crippen LogP contribution in [0.2, 0.25) is 0 Å². The molecule has 3 nitrogen and oxygen atoms in total. The van der Waals surface area contributed by atoms with Gasteiger partial charge in [0, 0.05) is 23.3 Å². The Kier molecular flexibility index (Phi) is 2.45. The van der Waals surface area contributed by atoms with Gasteiger partial charge in [-0.1, -0.05) is 18.2 Å². The topological polar surface area (TPSA) is 51.8 Å². The van der Waals surface area contributed by atoms with E-state index < -0.39 is 0 Å². The lowest BCUT2D eigenvalue weighted by Crippen LogP contribution is -1.91. The third-order valence-corrected chi connectivity index (χ3v) is 3.07. The second-order valence-electron chi connectivity index (χ2n) is 4.30. The fraction of sp³-hybridized carbons (Fsp3) is 0.0667. The number of nitrogens with two attached hydrogens (primary N) is 1. The first kappa shape index (κ1) is 10.7. The summed E-state index contributed by atoms with van der Waals surface area (Å²) >= 11 is 0. The molecule has 0 aliphatic rings. The number of nitrogens with zero attached hydrogens (tertiary/aromatic N) is 2. The van der Waals surface area contributed by atoms with Crippen LogP contribution in [0.5, 0.6) is 0 Å². The molecular formula is C15H13N3. The van der Waals surface area contributed by atoms with Crippen LogP contribution >= 0.6 is 0 Å². The van der Waals surface area contributed by atoms with Gasteiger partial charge in [-0.25, -0.2) is 4.98 Å². The molecule has 3 rings (SSSR count). The fourth-order valence-electron chi connectivity index (χ4n) is 2.13. The van der Waals surface area contributed by atoms with Crippen molar-refractivity contribution in [2.75, 3.05) is 5.73 Å². The summed E-state index contributed by atoms with van der Waals surface area (Å²) in [5.74, 6) is 0.535. The molecule has 3 aromatic rings. The first-order chi connectivity index (χ1) is 8.75. The van der Waals surface area contributed by atoms with Crippen molar-refractivity contribution in [1.29, 1.82) is 0 Å². The molecule has 2 N–H and O–H groups in total. The zero-order valence-electron chi connectivity index (χ0n) is 10.1. The summed E-state index contributed by atoms with van der Waals surface area (Å²) in [5.41, 5.74) is 10.0. The van der Waals surface area contributed by atoms with Crippen LogP contribution in [0.25, 0.3) is 22.0 Å². The molecule has 0 aliphatic carbocycles. The average molecular weight is 235 g/mol. The number of hydrogen-bond donors (Lipinski definition) is 1. The van der Waals surface area contributed by atoms with E-state index in [9.17, 15) is 0 Å². The van der Waals surface area contributed by atoms with Crippen LogP contribution in [-0.2, 0) is 0 Å². The molecule has 0 fully saturated rings. The zero-order valence-corrected chi connectivity index (χ0v) is 10.1. The summed E-state index contributed by atoms with van der Waals surface area (Å²) in [6, 6.07) is 12.0. The normalized spacial score (nSPS) is 10.7. The summed E-state index contributed by atoms with van der Waals surface area (Å²) < 4.78 is 0. The molecule has 1 aromatic carbocycles. The van der Waals surface area contributed by atoms with E-state index in [0.29, 0.717) is 5.82 Å². The molecule has 0 saturated heterocycles. The van der Waals surface area contributed by atoms with Crippen LogP contribution in [0, 0.1) is 6.92 Å². The Morgan fingerprint density at radius 3 is 2.67 bits per heavy atom. The molecule has 0 spiro atoms. The minimum Gasteiger partial charge on any atom is -0.384 e. The minimum absolute atomic E-state index is 0.535. The molecule has 2 heterocycles. The van der Waals surface area contributed by atoms with Crippen molar-refractivity contribution in [3.8, 4) is 11.1 Å². The Morgan fingerprint density at radius 1 is 1.00 bits per heavy atom. The number of aromatic nitrogens is 2. The molecule has 0 amide bonds. The number of pyridine rings is 2. The standard InChI is InChI=1S/C15H13N3/c1-10-4-6-12(11-5-7-14(16)18-9-11)13-3-2-8-17-15(10)13/h2-9H,1H3,(H2,16,18). The molecule has 0 radical (unpaired) electrons. The third-order valence-electron chi connectivity index (χ3n) is 3.07. The Morgan fingerprint density at radius 2 is 1.89 bits per heavy atom. The molecule has 0 aliphatic heterocycles. The van der Waals surface area contributed by atoms with E-state index >= 15 is 0 Å². The van der Waals surface area contributed by atoms with Gasteiger partial charge in [-0.05, 0) is 36.2 Å². The van der Waals surface area contributed by atoms with Crippen molar-refractivity contribution in [3.05, 3.63) is 54.4 Å². The van der Waals surface area contributed by atoms with Crippen molar-refractivity contribution in [2.45, 2.75) is 6.92 Å². The molecule has 0 atom stereocenters. The predicted octanol–water partition coefficient (Wildman–Crippen LogP) is 3.19. The first-order valence-electron chi connectivity index (χ1n) is 5.82. The van der Waals surface area contributed by atoms with Crippen LogP contribution in [0.3, 0.4) is 0 Å². The summed E-state index contributed by atoms with van der Waals surface area (Å²) in [4.78, 5) is 8.58. The van der Waals surface area contributed by atoms with Gasteiger partial charge in [-0.3, -0.25) is 4.98 Å². The van der Waals surface area contributed by atoms with E-state index in [1.807, 2.05) is 24.4 Å². The van der Waals surface area contributed by atoms with E-state index in [1.54, 1.807) is 6.20 Å². The maximum atomic E-state index is 5.62. The van der Waals surface area contributed by atoms with Gasteiger partial charge in [0.25, 0.3) is 0 Å². The second kappa shape index (κ2) is 4.11. The highest BCUT2D eigenvalue weighted by molar-refractivity contribution is 5.96. The Hall–Kier alpha value is -2.42. The van der Waals surface area contributed by atoms with Gasteiger partial charge in [0.1, 0.15) is 5.82 Å². The summed E-state index contributed by atoms with van der Waals surface area (Å²) in [5, 5.41) is 1.14. The molecule has 0 unspecified atom stereocenters. The molecular weight excluding hydrogens is 222 g/mol. The minimum atomic E-state index is 0.535. The van der Waals surface area contributed by atoms with E-state index in [0.717, 1.165) is 22.0 Å². The van der Waals surface area contributed by atoms with Crippen LogP contribution < -0.4 is 5.73 Å². The number of aryl methyl sites for hydroxylation is 1. The number of fused-ring (bicyclic) bond motifs is 1. The number of hydrogen-bond acceptors (Lipinski definition) is 3. The summed E-state index contributed by atoms with van der Waals surface area (Å²) in [6.07, 6.45) is 3.62. The fourth-order valence-corrected chi connectivity index (χ4v) is 2.13. The Balaban J connectivity index is 2.30. The third kappa shape index (κ3) is 1.70. The highest BCUT2D eigenvalue weighted by Crippen LogP contribution is 2.29. The highest BCUT2D eigenvalue weighted by Gasteiger charge is 2.06. The van der Waals surface area contributed by atoms with Gasteiger partial charge in [0.05, 0.1) is 5.52 Å². The monoisotopic (exact) mass is 235 g/mol. The van der Waals surface area contributed by atoms with E-state index in [2.05, 4.69) is 35.1 Å². The smallest absolute Gasteiger partial charge is 0.123 e. The first-order valence-corrected chi connectivity index (χ1v) is 5.82. The van der Waals surface area contributed by atoms with Crippen LogP contribution in [0.4, 0.5) is 5.82 Å². The number of rotatable bonds is 1. The van der Waals surface area contributed by atoms with Crippen molar-refractivity contribution < 1.29 is 0 Å². The molecule has 2 aromatic heterocycles. The summed E-state index contributed by atoms with van der Waals surface area (Å²) in [7, 11) is 0. The van der Waals surface area contributed by atoms with Gasteiger partial charge in [-0.15, -0.1) is 0 Å². The highest BCUT2D eigenvalue weighted by atomic mass is 14.8. The predicted molar refractivity (Wildman–Crippen MR) is 74.1 cm³/mol. The number of anilines is 1. The average Bonchev–Trinajstić information content (AvgIpc) is 2.41. The largest absolute Gasteiger partial charge is 0.384 e. The second-order valence-corrected chi connectivity index (χ2v) is 4.30. The molecule has 3 heteroatoms. The maximum Gasteiger partial charge on any atom is 0.123 e. The number of nitrogen functional groups attached to an aromatic ring is 1. The molecule has 0 bridgehead atoms. The molecule has 18 heavy (non-hydrogen) atoms. The van der Waals surface area contributed by atoms with Crippen LogP contribution in [0.1, 0.15) is 5.56 Å². The van der Waals surface area contributed by atoms with E-state index in [1.165, 1.54) is 5.56 Å². The Bertz CT molecular complexity index is 703. The van der Waals surface area contributed by atoms with Gasteiger partial charge in [0.15, 0.2) is 0 Å². The summed E-state index contributed by atoms with van der Waals surface area (Å²) in [6.45, 7) is 2.07. The van der Waals surface area contributed by atoms with Crippen LogP contribution in [0.15, 0.2) is 48.8 Å². The quantitative estimate of drug-likeness (QED) is 0.704. The zero-order chi connectivity index (χ0) is 12.5. The van der Waals surface area contributed by atoms with Crippen molar-refractivity contribution >= 4 is 16.7 Å². The van der Waals surface area contributed by atoms with Gasteiger partial charge in [-0.2, -0.15) is 0 Å². The van der Waals surface area contributed by atoms with Crippen molar-refractivity contribution in [1.82, 2.24) is 9.97 Å². The SMILES string of the molecule is Cc1ccc(-c2ccc(N)nc2)c2cccnc12. The van der Waals surface area contributed by atoms with Crippen molar-refractivity contribution in [2.24, 2.45) is 0 Å². The lowest BCUT2D eigenvalue weighted by molar-refractivity contribution is 1.33.